The smallest absolute Gasteiger partial charge is 0.463 e. The Morgan fingerprint density at radius 1 is 0.365 bits per heavy atom. The number of hydrogen-bond acceptors (Lipinski definition) is 13. The maximum Gasteiger partial charge on any atom is 0.472 e. The van der Waals surface area contributed by atoms with Gasteiger partial charge in [0.25, 0.3) is 0 Å². The van der Waals surface area contributed by atoms with Gasteiger partial charge in [0.1, 0.15) is 31.5 Å². The van der Waals surface area contributed by atoms with E-state index in [0.29, 0.717) is 12.8 Å². The first-order chi connectivity index (χ1) is 35.8. The fraction of sp³-hybridized carbons (Fsp3) is 0.719. The molecule has 0 aliphatic rings. The summed E-state index contributed by atoms with van der Waals surface area (Å²) in [4.78, 5) is 43.9. The summed E-state index contributed by atoms with van der Waals surface area (Å²) >= 11 is 0. The second-order valence-electron chi connectivity index (χ2n) is 18.6. The Bertz CT molecular complexity index is 1640. The molecule has 74 heavy (non-hydrogen) atoms. The topological polar surface area (TPSA) is 225 Å². The van der Waals surface area contributed by atoms with Gasteiger partial charge in [0, 0.05) is 6.42 Å². The fourth-order valence-electron chi connectivity index (χ4n) is 7.12. The van der Waals surface area contributed by atoms with Crippen LogP contribution in [0.3, 0.4) is 0 Å². The van der Waals surface area contributed by atoms with Gasteiger partial charge in [0.15, 0.2) is 0 Å². The second-order valence-corrected chi connectivity index (χ2v) is 21.5. The number of esters is 2. The number of phosphoric ester groups is 2. The van der Waals surface area contributed by atoms with Crippen LogP contribution in [-0.2, 0) is 46.3 Å². The average molecular weight is 1090 g/mol. The number of aliphatic hydroxyl groups excluding tert-OH is 3. The molecule has 0 fully saturated rings. The molecular formula is C57H100O15P2. The Kier molecular flexibility index (Phi) is 50.3. The van der Waals surface area contributed by atoms with Crippen LogP contribution in [0, 0.1) is 0 Å². The largest absolute Gasteiger partial charge is 0.472 e. The molecule has 5 N–H and O–H groups in total. The van der Waals surface area contributed by atoms with E-state index in [-0.39, 0.29) is 12.8 Å². The lowest BCUT2D eigenvalue weighted by Crippen LogP contribution is -2.25. The molecule has 0 aliphatic carbocycles. The molecule has 0 aromatic rings. The highest BCUT2D eigenvalue weighted by atomic mass is 31.2. The van der Waals surface area contributed by atoms with Gasteiger partial charge < -0.3 is 34.6 Å². The molecule has 0 amide bonds. The van der Waals surface area contributed by atoms with Crippen LogP contribution < -0.4 is 0 Å². The molecule has 0 spiro atoms. The van der Waals surface area contributed by atoms with Crippen LogP contribution in [0.15, 0.2) is 85.1 Å². The van der Waals surface area contributed by atoms with E-state index in [4.69, 9.17) is 14.0 Å². The SMILES string of the molecule is CC/C=C\C/C=C\C/C=C\C/C=C\C/C=C\C/C=C\C/C=C\CC(=O)OCC(O)COP(=O)(O)OCC(O)COP(=O)(O)OCC(O)COC(=O)CCCCCCCCCCCCCCCCCCCCCCC. The number of hydrogen-bond donors (Lipinski definition) is 5. The van der Waals surface area contributed by atoms with Crippen molar-refractivity contribution in [3.8, 4) is 0 Å². The highest BCUT2D eigenvalue weighted by Gasteiger charge is 2.28. The quantitative estimate of drug-likeness (QED) is 0.0165. The maximum absolute atomic E-state index is 12.2. The normalized spacial score (nSPS) is 15.4. The standard InChI is InChI=1S/C57H100O15P2/c1-3-5-7-9-11-13-15-17-19-21-23-25-27-29-31-33-35-37-39-41-43-45-56(61)67-47-53(58)49-69-73(63,64)71-51-55(60)52-72-74(65,66)70-50-54(59)48-68-57(62)46-44-42-40-38-36-34-32-30-28-26-24-22-20-18-16-14-12-10-8-6-4-2/h5,7,11,13,17,19,23,25,29,31,35,37,41,43,53-55,58-60H,3-4,6,8-10,12,14-16,18,20-22,24,26-28,30,32-34,36,38-40,42,44-52H2,1-2H3,(H,63,64)(H,65,66)/b7-5-,13-11-,19-17-,25-23-,31-29-,37-35-,43-41-. The van der Waals surface area contributed by atoms with Crippen LogP contribution in [0.4, 0.5) is 0 Å². The summed E-state index contributed by atoms with van der Waals surface area (Å²) < 4.78 is 53.1. The number of phosphoric acid groups is 2. The van der Waals surface area contributed by atoms with Gasteiger partial charge >= 0.3 is 27.6 Å². The number of carbonyl (C=O) groups is 2. The van der Waals surface area contributed by atoms with E-state index in [1.54, 1.807) is 12.2 Å². The van der Waals surface area contributed by atoms with Crippen LogP contribution in [-0.4, -0.2) is 95.0 Å². The molecule has 0 aromatic carbocycles. The van der Waals surface area contributed by atoms with Crippen molar-refractivity contribution in [2.75, 3.05) is 39.6 Å². The van der Waals surface area contributed by atoms with Crippen molar-refractivity contribution in [2.24, 2.45) is 0 Å². The predicted octanol–water partition coefficient (Wildman–Crippen LogP) is 14.1. The molecule has 0 radical (unpaired) electrons. The second kappa shape index (κ2) is 52.3. The number of rotatable bonds is 53. The Morgan fingerprint density at radius 3 is 0.932 bits per heavy atom. The van der Waals surface area contributed by atoms with Gasteiger partial charge in [-0.15, -0.1) is 0 Å². The van der Waals surface area contributed by atoms with E-state index >= 15 is 0 Å². The summed E-state index contributed by atoms with van der Waals surface area (Å²) in [6.07, 6.45) is 57.4. The summed E-state index contributed by atoms with van der Waals surface area (Å²) in [6.45, 7) is 0.216. The van der Waals surface area contributed by atoms with Crippen molar-refractivity contribution < 1.29 is 71.4 Å². The van der Waals surface area contributed by atoms with Crippen LogP contribution >= 0.6 is 15.6 Å². The zero-order chi connectivity index (χ0) is 54.5. The number of allylic oxidation sites excluding steroid dienone is 13. The van der Waals surface area contributed by atoms with E-state index in [2.05, 4.69) is 88.2 Å². The number of ether oxygens (including phenoxy) is 2. The molecule has 0 aromatic heterocycles. The van der Waals surface area contributed by atoms with Crippen molar-refractivity contribution in [3.63, 3.8) is 0 Å². The van der Waals surface area contributed by atoms with Gasteiger partial charge in [-0.05, 0) is 51.4 Å². The van der Waals surface area contributed by atoms with Crippen LogP contribution in [0.5, 0.6) is 0 Å². The molecule has 0 saturated heterocycles. The molecule has 0 saturated carbocycles. The third-order valence-electron chi connectivity index (χ3n) is 11.4. The average Bonchev–Trinajstić information content (AvgIpc) is 3.38. The van der Waals surface area contributed by atoms with Crippen LogP contribution in [0.25, 0.3) is 0 Å². The summed E-state index contributed by atoms with van der Waals surface area (Å²) in [5.41, 5.74) is 0. The van der Waals surface area contributed by atoms with Crippen LogP contribution in [0.1, 0.15) is 206 Å². The minimum absolute atomic E-state index is 0.0424. The van der Waals surface area contributed by atoms with Gasteiger partial charge in [-0.3, -0.25) is 27.7 Å². The number of unbranched alkanes of at least 4 members (excludes halogenated alkanes) is 20. The lowest BCUT2D eigenvalue weighted by molar-refractivity contribution is -0.147. The van der Waals surface area contributed by atoms with Gasteiger partial charge in [-0.2, -0.15) is 0 Å². The van der Waals surface area contributed by atoms with Gasteiger partial charge in [-0.1, -0.05) is 227 Å². The molecule has 17 heteroatoms. The third kappa shape index (κ3) is 54.0. The summed E-state index contributed by atoms with van der Waals surface area (Å²) in [5, 5.41) is 30.1. The molecular weight excluding hydrogens is 987 g/mol. The Labute approximate surface area is 446 Å². The van der Waals surface area contributed by atoms with E-state index in [1.807, 2.05) is 12.2 Å². The first-order valence-electron chi connectivity index (χ1n) is 27.9. The maximum atomic E-state index is 12.2. The summed E-state index contributed by atoms with van der Waals surface area (Å²) in [6, 6.07) is 0. The predicted molar refractivity (Wildman–Crippen MR) is 297 cm³/mol. The molecule has 0 rings (SSSR count). The van der Waals surface area contributed by atoms with Crippen molar-refractivity contribution in [3.05, 3.63) is 85.1 Å². The van der Waals surface area contributed by atoms with E-state index in [1.165, 1.54) is 109 Å². The summed E-state index contributed by atoms with van der Waals surface area (Å²) in [5.74, 6) is -1.12. The Balaban J connectivity index is 3.90. The molecule has 0 aliphatic heterocycles. The minimum Gasteiger partial charge on any atom is -0.463 e. The van der Waals surface area contributed by atoms with Crippen molar-refractivity contribution in [1.29, 1.82) is 0 Å². The Hall–Kier alpha value is -2.78. The molecule has 5 unspecified atom stereocenters. The molecule has 0 heterocycles. The van der Waals surface area contributed by atoms with Gasteiger partial charge in [-0.25, -0.2) is 9.13 Å². The molecule has 0 bridgehead atoms. The first kappa shape index (κ1) is 71.2. The van der Waals surface area contributed by atoms with Gasteiger partial charge in [0.2, 0.25) is 0 Å². The Morgan fingerprint density at radius 2 is 0.622 bits per heavy atom. The number of aliphatic hydroxyl groups is 3. The fourth-order valence-corrected chi connectivity index (χ4v) is 8.71. The van der Waals surface area contributed by atoms with E-state index in [0.717, 1.165) is 57.8 Å². The minimum atomic E-state index is -4.82. The summed E-state index contributed by atoms with van der Waals surface area (Å²) in [7, 11) is -9.61. The van der Waals surface area contributed by atoms with E-state index in [9.17, 15) is 43.8 Å². The third-order valence-corrected chi connectivity index (χ3v) is 13.3. The lowest BCUT2D eigenvalue weighted by Gasteiger charge is -2.19. The van der Waals surface area contributed by atoms with E-state index < -0.39 is 85.5 Å². The molecule has 428 valence electrons. The van der Waals surface area contributed by atoms with Crippen molar-refractivity contribution in [1.82, 2.24) is 0 Å². The monoisotopic (exact) mass is 1090 g/mol. The number of carbonyl (C=O) groups excluding carboxylic acids is 2. The zero-order valence-electron chi connectivity index (χ0n) is 45.5. The van der Waals surface area contributed by atoms with Crippen molar-refractivity contribution in [2.45, 2.75) is 225 Å². The van der Waals surface area contributed by atoms with Gasteiger partial charge in [0.05, 0.1) is 32.8 Å². The molecule has 5 atom stereocenters. The van der Waals surface area contributed by atoms with Crippen molar-refractivity contribution >= 4 is 27.6 Å². The van der Waals surface area contributed by atoms with Crippen LogP contribution in [0.2, 0.25) is 0 Å². The lowest BCUT2D eigenvalue weighted by atomic mass is 10.0. The first-order valence-corrected chi connectivity index (χ1v) is 30.9. The highest BCUT2D eigenvalue weighted by molar-refractivity contribution is 7.47. The highest BCUT2D eigenvalue weighted by Crippen LogP contribution is 2.45. The molecule has 15 nitrogen and oxygen atoms in total. The zero-order valence-corrected chi connectivity index (χ0v) is 47.3.